The van der Waals surface area contributed by atoms with E-state index in [1.807, 2.05) is 36.4 Å². The zero-order valence-corrected chi connectivity index (χ0v) is 13.7. The van der Waals surface area contributed by atoms with Crippen molar-refractivity contribution in [3.05, 3.63) is 60.2 Å². The van der Waals surface area contributed by atoms with Gasteiger partial charge < -0.3 is 18.9 Å². The fourth-order valence-electron chi connectivity index (χ4n) is 1.97. The summed E-state index contributed by atoms with van der Waals surface area (Å²) in [5, 5.41) is 0. The first-order valence-corrected chi connectivity index (χ1v) is 7.47. The molecule has 0 unspecified atom stereocenters. The molecule has 0 bridgehead atoms. The van der Waals surface area contributed by atoms with Gasteiger partial charge in [-0.05, 0) is 35.9 Å². The third-order valence-electron chi connectivity index (χ3n) is 3.15. The molecule has 2 aromatic carbocycles. The topological polar surface area (TPSA) is 54.0 Å². The molecule has 0 atom stereocenters. The molecule has 0 aromatic heterocycles. The van der Waals surface area contributed by atoms with Gasteiger partial charge in [-0.3, -0.25) is 0 Å². The number of carbonyl (C=O) groups excluding carboxylic acids is 1. The largest absolute Gasteiger partial charge is 0.493 e. The molecule has 0 fully saturated rings. The minimum absolute atomic E-state index is 0.391. The first-order chi connectivity index (χ1) is 11.7. The maximum Gasteiger partial charge on any atom is 0.330 e. The Hall–Kier alpha value is -2.95. The Morgan fingerprint density at radius 1 is 0.958 bits per heavy atom. The smallest absolute Gasteiger partial charge is 0.330 e. The van der Waals surface area contributed by atoms with E-state index < -0.39 is 5.97 Å². The molecule has 24 heavy (non-hydrogen) atoms. The molecule has 0 aliphatic heterocycles. The van der Waals surface area contributed by atoms with Crippen LogP contribution in [0.1, 0.15) is 5.56 Å². The molecule has 5 nitrogen and oxygen atoms in total. The molecule has 0 aliphatic rings. The average molecular weight is 328 g/mol. The Labute approximate surface area is 141 Å². The molecular formula is C19H20O5. The highest BCUT2D eigenvalue weighted by Crippen LogP contribution is 2.28. The van der Waals surface area contributed by atoms with Crippen LogP contribution >= 0.6 is 0 Å². The van der Waals surface area contributed by atoms with Crippen molar-refractivity contribution in [1.82, 2.24) is 0 Å². The lowest BCUT2D eigenvalue weighted by Crippen LogP contribution is -2.09. The lowest BCUT2D eigenvalue weighted by molar-refractivity contribution is -0.134. The summed E-state index contributed by atoms with van der Waals surface area (Å²) in [4.78, 5) is 11.1. The quantitative estimate of drug-likeness (QED) is 0.423. The van der Waals surface area contributed by atoms with E-state index in [4.69, 9.17) is 14.2 Å². The summed E-state index contributed by atoms with van der Waals surface area (Å²) in [6.45, 7) is 0.819. The van der Waals surface area contributed by atoms with Crippen LogP contribution in [0, 0.1) is 0 Å². The maximum absolute atomic E-state index is 11.1. The van der Waals surface area contributed by atoms with Gasteiger partial charge in [-0.25, -0.2) is 4.79 Å². The second kappa shape index (κ2) is 9.25. The molecule has 0 saturated heterocycles. The highest BCUT2D eigenvalue weighted by molar-refractivity contribution is 5.87. The van der Waals surface area contributed by atoms with Gasteiger partial charge in [0.2, 0.25) is 0 Å². The van der Waals surface area contributed by atoms with Gasteiger partial charge in [0.15, 0.2) is 11.5 Å². The van der Waals surface area contributed by atoms with Gasteiger partial charge in [-0.15, -0.1) is 0 Å². The molecular weight excluding hydrogens is 308 g/mol. The lowest BCUT2D eigenvalue weighted by Gasteiger charge is -2.12. The number of rotatable bonds is 8. The van der Waals surface area contributed by atoms with Gasteiger partial charge in [-0.2, -0.15) is 0 Å². The van der Waals surface area contributed by atoms with Crippen molar-refractivity contribution in [2.24, 2.45) is 0 Å². The maximum atomic E-state index is 11.1. The predicted molar refractivity (Wildman–Crippen MR) is 91.5 cm³/mol. The van der Waals surface area contributed by atoms with Gasteiger partial charge in [-0.1, -0.05) is 24.3 Å². The highest BCUT2D eigenvalue weighted by Gasteiger charge is 2.05. The fraction of sp³-hybridized carbons (Fsp3) is 0.211. The Morgan fingerprint density at radius 2 is 1.71 bits per heavy atom. The van der Waals surface area contributed by atoms with Gasteiger partial charge in [0, 0.05) is 6.08 Å². The Bertz CT molecular complexity index is 679. The van der Waals surface area contributed by atoms with E-state index in [0.29, 0.717) is 24.7 Å². The molecule has 0 heterocycles. The Morgan fingerprint density at radius 3 is 2.42 bits per heavy atom. The zero-order chi connectivity index (χ0) is 17.2. The van der Waals surface area contributed by atoms with Crippen molar-refractivity contribution >= 4 is 12.0 Å². The number of methoxy groups -OCH3 is 2. The molecule has 0 radical (unpaired) electrons. The van der Waals surface area contributed by atoms with Crippen LogP contribution in [0.2, 0.25) is 0 Å². The van der Waals surface area contributed by atoms with Crippen molar-refractivity contribution in [3.8, 4) is 17.2 Å². The minimum atomic E-state index is -0.410. The third kappa shape index (κ3) is 5.35. The monoisotopic (exact) mass is 328 g/mol. The Kier molecular flexibility index (Phi) is 6.71. The van der Waals surface area contributed by atoms with Gasteiger partial charge in [0.05, 0.1) is 14.2 Å². The number of carbonyl (C=O) groups is 1. The second-order valence-electron chi connectivity index (χ2n) is 4.78. The fourth-order valence-corrected chi connectivity index (χ4v) is 1.97. The van der Waals surface area contributed by atoms with Crippen molar-refractivity contribution in [3.63, 3.8) is 0 Å². The first kappa shape index (κ1) is 17.4. The number of benzene rings is 2. The molecule has 0 aliphatic carbocycles. The van der Waals surface area contributed by atoms with Crippen LogP contribution in [-0.2, 0) is 9.53 Å². The second-order valence-corrected chi connectivity index (χ2v) is 4.78. The van der Waals surface area contributed by atoms with Gasteiger partial charge >= 0.3 is 5.97 Å². The summed E-state index contributed by atoms with van der Waals surface area (Å²) >= 11 is 0. The molecule has 0 saturated carbocycles. The summed E-state index contributed by atoms with van der Waals surface area (Å²) in [6.07, 6.45) is 3.00. The highest BCUT2D eigenvalue weighted by atomic mass is 16.5. The molecule has 0 amide bonds. The summed E-state index contributed by atoms with van der Waals surface area (Å²) in [5.74, 6) is 1.59. The molecule has 5 heteroatoms. The van der Waals surface area contributed by atoms with Crippen molar-refractivity contribution in [2.75, 3.05) is 27.4 Å². The van der Waals surface area contributed by atoms with Crippen molar-refractivity contribution in [2.45, 2.75) is 0 Å². The standard InChI is InChI=1S/C19H20O5/c1-21-18-14-15(9-11-19(20)22-2)8-10-17(18)24-13-12-23-16-6-4-3-5-7-16/h3-11,14H,12-13H2,1-2H3/b11-9+. The molecule has 126 valence electrons. The summed E-state index contributed by atoms with van der Waals surface area (Å²) < 4.78 is 21.1. The molecule has 0 spiro atoms. The predicted octanol–water partition coefficient (Wildman–Crippen LogP) is 3.34. The molecule has 2 aromatic rings. The van der Waals surface area contributed by atoms with Crippen LogP contribution in [-0.4, -0.2) is 33.4 Å². The van der Waals surface area contributed by atoms with E-state index in [-0.39, 0.29) is 0 Å². The third-order valence-corrected chi connectivity index (χ3v) is 3.15. The van der Waals surface area contributed by atoms with Crippen LogP contribution in [0.5, 0.6) is 17.2 Å². The van der Waals surface area contributed by atoms with Gasteiger partial charge in [0.25, 0.3) is 0 Å². The van der Waals surface area contributed by atoms with E-state index in [2.05, 4.69) is 4.74 Å². The summed E-state index contributed by atoms with van der Waals surface area (Å²) in [6, 6.07) is 15.0. The van der Waals surface area contributed by atoms with E-state index in [1.165, 1.54) is 13.2 Å². The van der Waals surface area contributed by atoms with E-state index in [0.717, 1.165) is 11.3 Å². The molecule has 2 rings (SSSR count). The normalized spacial score (nSPS) is 10.4. The molecule has 0 N–H and O–H groups in total. The van der Waals surface area contributed by atoms with Gasteiger partial charge in [0.1, 0.15) is 19.0 Å². The van der Waals surface area contributed by atoms with Crippen LogP contribution < -0.4 is 14.2 Å². The number of hydrogen-bond acceptors (Lipinski definition) is 5. The lowest BCUT2D eigenvalue weighted by atomic mass is 10.2. The summed E-state index contributed by atoms with van der Waals surface area (Å²) in [7, 11) is 2.90. The minimum Gasteiger partial charge on any atom is -0.493 e. The van der Waals surface area contributed by atoms with Crippen LogP contribution in [0.4, 0.5) is 0 Å². The summed E-state index contributed by atoms with van der Waals surface area (Å²) in [5.41, 5.74) is 0.810. The van der Waals surface area contributed by atoms with Crippen molar-refractivity contribution in [1.29, 1.82) is 0 Å². The average Bonchev–Trinajstić information content (AvgIpc) is 2.64. The van der Waals surface area contributed by atoms with E-state index in [1.54, 1.807) is 25.3 Å². The van der Waals surface area contributed by atoms with Crippen LogP contribution in [0.25, 0.3) is 6.08 Å². The number of para-hydroxylation sites is 1. The van der Waals surface area contributed by atoms with Crippen LogP contribution in [0.3, 0.4) is 0 Å². The number of ether oxygens (including phenoxy) is 4. The van der Waals surface area contributed by atoms with E-state index in [9.17, 15) is 4.79 Å². The van der Waals surface area contributed by atoms with E-state index >= 15 is 0 Å². The number of hydrogen-bond donors (Lipinski definition) is 0. The Balaban J connectivity index is 1.90. The number of esters is 1. The van der Waals surface area contributed by atoms with Crippen molar-refractivity contribution < 1.29 is 23.7 Å². The first-order valence-electron chi connectivity index (χ1n) is 7.47. The zero-order valence-electron chi connectivity index (χ0n) is 13.7. The SMILES string of the molecule is COC(=O)/C=C/c1ccc(OCCOc2ccccc2)c(OC)c1. The van der Waals surface area contributed by atoms with Crippen LogP contribution in [0.15, 0.2) is 54.6 Å².